The average Bonchev–Trinajstić information content (AvgIpc) is 2.45. The van der Waals surface area contributed by atoms with Crippen LogP contribution in [0.3, 0.4) is 0 Å². The van der Waals surface area contributed by atoms with Crippen molar-refractivity contribution >= 4 is 5.82 Å². The molecule has 1 saturated heterocycles. The van der Waals surface area contributed by atoms with Gasteiger partial charge in [0.1, 0.15) is 0 Å². The van der Waals surface area contributed by atoms with Gasteiger partial charge in [0.15, 0.2) is 5.82 Å². The Labute approximate surface area is 107 Å². The highest BCUT2D eigenvalue weighted by molar-refractivity contribution is 5.38. The van der Waals surface area contributed by atoms with Crippen LogP contribution in [0.2, 0.25) is 0 Å². The zero-order valence-corrected chi connectivity index (χ0v) is 10.7. The summed E-state index contributed by atoms with van der Waals surface area (Å²) < 4.78 is 11.0. The fraction of sp³-hybridized carbons (Fsp3) is 0.667. The van der Waals surface area contributed by atoms with E-state index in [2.05, 4.69) is 21.8 Å². The number of anilines is 1. The minimum absolute atomic E-state index is 0.0702. The molecule has 1 aromatic rings. The molecule has 0 aromatic carbocycles. The third kappa shape index (κ3) is 3.30. The Hall–Kier alpha value is -1.40. The van der Waals surface area contributed by atoms with Crippen molar-refractivity contribution in [3.8, 4) is 5.88 Å². The first-order chi connectivity index (χ1) is 8.83. The third-order valence-corrected chi connectivity index (χ3v) is 2.78. The summed E-state index contributed by atoms with van der Waals surface area (Å²) in [6.45, 7) is 5.47. The molecule has 1 aliphatic heterocycles. The summed E-state index contributed by atoms with van der Waals surface area (Å²) in [5.41, 5.74) is 5.63. The molecule has 1 unspecified atom stereocenters. The lowest BCUT2D eigenvalue weighted by Crippen LogP contribution is -2.46. The molecule has 1 aliphatic rings. The summed E-state index contributed by atoms with van der Waals surface area (Å²) in [4.78, 5) is 10.7. The molecular formula is C12H20N4O2. The van der Waals surface area contributed by atoms with Gasteiger partial charge in [0.25, 0.3) is 0 Å². The van der Waals surface area contributed by atoms with Gasteiger partial charge in [-0.05, 0) is 6.42 Å². The Morgan fingerprint density at radius 3 is 3.22 bits per heavy atom. The third-order valence-electron chi connectivity index (χ3n) is 2.78. The van der Waals surface area contributed by atoms with Crippen LogP contribution in [0.15, 0.2) is 12.4 Å². The average molecular weight is 252 g/mol. The Morgan fingerprint density at radius 1 is 1.56 bits per heavy atom. The van der Waals surface area contributed by atoms with Crippen LogP contribution in [0.5, 0.6) is 5.88 Å². The zero-order valence-electron chi connectivity index (χ0n) is 10.7. The van der Waals surface area contributed by atoms with Gasteiger partial charge in [-0.3, -0.25) is 4.98 Å². The highest BCUT2D eigenvalue weighted by Gasteiger charge is 2.20. The van der Waals surface area contributed by atoms with Gasteiger partial charge in [0, 0.05) is 19.6 Å². The molecule has 1 fully saturated rings. The number of rotatable bonds is 5. The minimum Gasteiger partial charge on any atom is -0.477 e. The molecule has 2 N–H and O–H groups in total. The van der Waals surface area contributed by atoms with E-state index >= 15 is 0 Å². The summed E-state index contributed by atoms with van der Waals surface area (Å²) >= 11 is 0. The molecule has 6 nitrogen and oxygen atoms in total. The topological polar surface area (TPSA) is 73.5 Å². The summed E-state index contributed by atoms with van der Waals surface area (Å²) in [6, 6.07) is 0. The van der Waals surface area contributed by atoms with Gasteiger partial charge in [0.05, 0.1) is 31.7 Å². The summed E-state index contributed by atoms with van der Waals surface area (Å²) in [6.07, 6.45) is 4.41. The van der Waals surface area contributed by atoms with E-state index in [0.29, 0.717) is 25.6 Å². The number of morpholine rings is 1. The van der Waals surface area contributed by atoms with Crippen molar-refractivity contribution in [3.63, 3.8) is 0 Å². The van der Waals surface area contributed by atoms with E-state index in [0.717, 1.165) is 25.3 Å². The molecule has 0 radical (unpaired) electrons. The van der Waals surface area contributed by atoms with Crippen LogP contribution >= 0.6 is 0 Å². The van der Waals surface area contributed by atoms with Gasteiger partial charge in [0.2, 0.25) is 5.88 Å². The number of hydrogen-bond donors (Lipinski definition) is 1. The highest BCUT2D eigenvalue weighted by atomic mass is 16.5. The molecule has 0 bridgehead atoms. The molecule has 100 valence electrons. The fourth-order valence-corrected chi connectivity index (χ4v) is 1.84. The van der Waals surface area contributed by atoms with Gasteiger partial charge in [-0.25, -0.2) is 0 Å². The normalized spacial score (nSPS) is 19.9. The molecule has 0 spiro atoms. The second-order valence-electron chi connectivity index (χ2n) is 4.24. The maximum absolute atomic E-state index is 5.63. The quantitative estimate of drug-likeness (QED) is 0.819. The summed E-state index contributed by atoms with van der Waals surface area (Å²) in [5.74, 6) is 1.40. The van der Waals surface area contributed by atoms with Crippen LogP contribution in [0, 0.1) is 0 Å². The monoisotopic (exact) mass is 252 g/mol. The van der Waals surface area contributed by atoms with Gasteiger partial charge in [-0.2, -0.15) is 4.98 Å². The van der Waals surface area contributed by atoms with Crippen LogP contribution in [0.4, 0.5) is 5.82 Å². The molecule has 0 amide bonds. The molecule has 0 aliphatic carbocycles. The Kier molecular flexibility index (Phi) is 4.72. The van der Waals surface area contributed by atoms with Crippen molar-refractivity contribution in [1.82, 2.24) is 9.97 Å². The zero-order chi connectivity index (χ0) is 12.8. The van der Waals surface area contributed by atoms with Crippen LogP contribution in [-0.4, -0.2) is 48.9 Å². The lowest BCUT2D eigenvalue weighted by Gasteiger charge is -2.32. The summed E-state index contributed by atoms with van der Waals surface area (Å²) in [5, 5.41) is 0. The van der Waals surface area contributed by atoms with E-state index in [1.807, 2.05) is 0 Å². The van der Waals surface area contributed by atoms with Crippen molar-refractivity contribution in [2.24, 2.45) is 5.73 Å². The van der Waals surface area contributed by atoms with Crippen LogP contribution in [0.25, 0.3) is 0 Å². The maximum Gasteiger partial charge on any atom is 0.234 e. The largest absolute Gasteiger partial charge is 0.477 e. The molecule has 2 rings (SSSR count). The van der Waals surface area contributed by atoms with Crippen LogP contribution < -0.4 is 15.4 Å². The Balaban J connectivity index is 2.02. The first-order valence-corrected chi connectivity index (χ1v) is 6.35. The van der Waals surface area contributed by atoms with E-state index < -0.39 is 0 Å². The molecule has 1 aromatic heterocycles. The number of ether oxygens (including phenoxy) is 2. The van der Waals surface area contributed by atoms with Gasteiger partial charge in [-0.1, -0.05) is 6.92 Å². The smallest absolute Gasteiger partial charge is 0.234 e. The molecule has 0 saturated carbocycles. The van der Waals surface area contributed by atoms with E-state index in [9.17, 15) is 0 Å². The van der Waals surface area contributed by atoms with Crippen molar-refractivity contribution in [2.75, 3.05) is 37.7 Å². The van der Waals surface area contributed by atoms with Crippen LogP contribution in [-0.2, 0) is 4.74 Å². The highest BCUT2D eigenvalue weighted by Crippen LogP contribution is 2.17. The second-order valence-corrected chi connectivity index (χ2v) is 4.24. The number of nitrogens with two attached hydrogens (primary N) is 1. The molecular weight excluding hydrogens is 232 g/mol. The van der Waals surface area contributed by atoms with Gasteiger partial charge < -0.3 is 20.1 Å². The van der Waals surface area contributed by atoms with Crippen molar-refractivity contribution in [3.05, 3.63) is 12.4 Å². The van der Waals surface area contributed by atoms with E-state index in [4.69, 9.17) is 15.2 Å². The predicted octanol–water partition coefficient (Wildman–Crippen LogP) is 0.429. The van der Waals surface area contributed by atoms with E-state index in [1.165, 1.54) is 0 Å². The van der Waals surface area contributed by atoms with E-state index in [1.54, 1.807) is 12.4 Å². The first-order valence-electron chi connectivity index (χ1n) is 6.35. The van der Waals surface area contributed by atoms with Gasteiger partial charge in [-0.15, -0.1) is 0 Å². The van der Waals surface area contributed by atoms with E-state index in [-0.39, 0.29) is 6.10 Å². The van der Waals surface area contributed by atoms with Crippen LogP contribution in [0.1, 0.15) is 13.3 Å². The number of aromatic nitrogens is 2. The maximum atomic E-state index is 5.63. The standard InChI is InChI=1S/C12H20N4O2/c1-2-4-18-12-8-14-7-11(15-12)16-3-5-17-10(6-13)9-16/h7-8,10H,2-6,9,13H2,1H3. The summed E-state index contributed by atoms with van der Waals surface area (Å²) in [7, 11) is 0. The number of hydrogen-bond acceptors (Lipinski definition) is 6. The number of nitrogens with zero attached hydrogens (tertiary/aromatic N) is 3. The molecule has 1 atom stereocenters. The molecule has 2 heterocycles. The Morgan fingerprint density at radius 2 is 2.44 bits per heavy atom. The molecule has 6 heteroatoms. The Bertz CT molecular complexity index is 375. The van der Waals surface area contributed by atoms with Crippen molar-refractivity contribution in [1.29, 1.82) is 0 Å². The first kappa shape index (κ1) is 13.0. The van der Waals surface area contributed by atoms with Crippen molar-refractivity contribution in [2.45, 2.75) is 19.4 Å². The van der Waals surface area contributed by atoms with Crippen molar-refractivity contribution < 1.29 is 9.47 Å². The molecule has 18 heavy (non-hydrogen) atoms. The lowest BCUT2D eigenvalue weighted by atomic mass is 10.3. The van der Waals surface area contributed by atoms with Gasteiger partial charge >= 0.3 is 0 Å². The SMILES string of the molecule is CCCOc1cncc(N2CCOC(CN)C2)n1. The predicted molar refractivity (Wildman–Crippen MR) is 68.8 cm³/mol. The lowest BCUT2D eigenvalue weighted by molar-refractivity contribution is 0.0462. The second kappa shape index (κ2) is 6.51. The fourth-order valence-electron chi connectivity index (χ4n) is 1.84. The minimum atomic E-state index is 0.0702.